The molecule has 0 aliphatic heterocycles. The van der Waals surface area contributed by atoms with Crippen LogP contribution in [0.5, 0.6) is 0 Å². The van der Waals surface area contributed by atoms with Crippen molar-refractivity contribution in [2.45, 2.75) is 33.5 Å². The monoisotopic (exact) mass is 567 g/mol. The van der Waals surface area contributed by atoms with Crippen LogP contribution in [0.1, 0.15) is 11.1 Å². The van der Waals surface area contributed by atoms with E-state index in [0.29, 0.717) is 0 Å². The Bertz CT molecular complexity index is 1130. The molecule has 2 aromatic heterocycles. The third kappa shape index (κ3) is 3.38. The van der Waals surface area contributed by atoms with Crippen molar-refractivity contribution < 1.29 is 20.1 Å². The Morgan fingerprint density at radius 2 is 1.71 bits per heavy atom. The summed E-state index contributed by atoms with van der Waals surface area (Å²) < 4.78 is 3.95. The van der Waals surface area contributed by atoms with Gasteiger partial charge in [-0.05, 0) is 30.5 Å². The number of fused-ring (bicyclic) bond motifs is 1. The average Bonchev–Trinajstić information content (AvgIpc) is 3.21. The summed E-state index contributed by atoms with van der Waals surface area (Å²) in [5.74, 6) is 0.788. The quantitative estimate of drug-likeness (QED) is 0.280. The van der Waals surface area contributed by atoms with Gasteiger partial charge in [0.15, 0.2) is 0 Å². The van der Waals surface area contributed by atoms with E-state index in [4.69, 9.17) is 0 Å². The summed E-state index contributed by atoms with van der Waals surface area (Å²) >= 11 is 0. The number of aromatic nitrogens is 5. The van der Waals surface area contributed by atoms with Crippen LogP contribution in [-0.4, -0.2) is 32.4 Å². The normalized spacial score (nSPS) is 11.6. The van der Waals surface area contributed by atoms with Gasteiger partial charge in [0.05, 0.1) is 25.9 Å². The zero-order chi connectivity index (χ0) is 19.3. The molecule has 0 atom stereocenters. The summed E-state index contributed by atoms with van der Waals surface area (Å²) in [5.41, 5.74) is 6.40. The molecule has 0 spiro atoms. The number of imidazole rings is 1. The molecule has 5 nitrogen and oxygen atoms in total. The molecule has 147 valence electrons. The number of nitrogens with zero attached hydrogens (tertiary/aromatic N) is 5. The van der Waals surface area contributed by atoms with Gasteiger partial charge in [-0.3, -0.25) is 14.6 Å². The Hall–Kier alpha value is -2.08. The fraction of sp³-hybridized carbons (Fsp3) is 0.286. The van der Waals surface area contributed by atoms with Crippen LogP contribution in [0.2, 0.25) is 19.6 Å². The molecule has 4 rings (SSSR count). The van der Waals surface area contributed by atoms with Crippen LogP contribution in [0.25, 0.3) is 28.1 Å². The molecule has 0 unspecified atom stereocenters. The smallest absolute Gasteiger partial charge is 0.127 e. The van der Waals surface area contributed by atoms with E-state index < -0.39 is 8.07 Å². The van der Waals surface area contributed by atoms with Crippen molar-refractivity contribution in [2.24, 2.45) is 7.05 Å². The van der Waals surface area contributed by atoms with E-state index in [2.05, 4.69) is 66.8 Å². The van der Waals surface area contributed by atoms with E-state index >= 15 is 0 Å². The number of aryl methyl sites for hydroxylation is 3. The van der Waals surface area contributed by atoms with Gasteiger partial charge in [-0.15, -0.1) is 18.2 Å². The van der Waals surface area contributed by atoms with Gasteiger partial charge in [-0.2, -0.15) is 5.10 Å². The summed E-state index contributed by atoms with van der Waals surface area (Å²) in [6.07, 6.45) is 3.44. The van der Waals surface area contributed by atoms with Crippen molar-refractivity contribution in [3.63, 3.8) is 0 Å². The third-order valence-electron chi connectivity index (χ3n) is 5.01. The number of benzene rings is 2. The summed E-state index contributed by atoms with van der Waals surface area (Å²) in [7, 11) is 0.614. The molecular weight excluding hydrogens is 543 g/mol. The van der Waals surface area contributed by atoms with Gasteiger partial charge in [0.25, 0.3) is 0 Å². The molecule has 1 radical (unpaired) electrons. The summed E-state index contributed by atoms with van der Waals surface area (Å²) in [5, 5.41) is 6.03. The molecule has 0 amide bonds. The molecule has 2 aromatic carbocycles. The van der Waals surface area contributed by atoms with Gasteiger partial charge >= 0.3 is 0 Å². The molecular formula is C21H24IrN5Si-. The van der Waals surface area contributed by atoms with Gasteiger partial charge in [-0.1, -0.05) is 42.5 Å². The standard InChI is InChI=1S/C21H24N5Si.Ir/c1-14-10-16(27(4,5)6)11-15(2)19(14)26-21(22-12-24-26)17-8-7-9-18-20(17)25(3)13-23-18;/h7,9-13H,1-6H3;/q-1;. The van der Waals surface area contributed by atoms with Gasteiger partial charge in [0.1, 0.15) is 6.33 Å². The second-order valence-corrected chi connectivity index (χ2v) is 13.2. The molecule has 0 aliphatic rings. The van der Waals surface area contributed by atoms with Crippen molar-refractivity contribution in [1.29, 1.82) is 0 Å². The van der Waals surface area contributed by atoms with E-state index in [1.807, 2.05) is 34.8 Å². The minimum absolute atomic E-state index is 0. The zero-order valence-corrected chi connectivity index (χ0v) is 20.4. The van der Waals surface area contributed by atoms with Crippen molar-refractivity contribution in [1.82, 2.24) is 24.3 Å². The first-order chi connectivity index (χ1) is 12.8. The number of hydrogen-bond donors (Lipinski definition) is 0. The summed E-state index contributed by atoms with van der Waals surface area (Å²) in [4.78, 5) is 9.03. The minimum Gasteiger partial charge on any atom is -0.373 e. The molecule has 0 saturated heterocycles. The Kier molecular flexibility index (Phi) is 5.45. The molecule has 7 heteroatoms. The maximum absolute atomic E-state index is 4.58. The largest absolute Gasteiger partial charge is 0.373 e. The van der Waals surface area contributed by atoms with E-state index in [-0.39, 0.29) is 20.1 Å². The molecule has 0 aliphatic carbocycles. The first-order valence-corrected chi connectivity index (χ1v) is 12.6. The van der Waals surface area contributed by atoms with Crippen molar-refractivity contribution in [3.05, 3.63) is 54.1 Å². The second kappa shape index (κ2) is 7.39. The summed E-state index contributed by atoms with van der Waals surface area (Å²) in [6, 6.07) is 11.8. The van der Waals surface area contributed by atoms with Gasteiger partial charge < -0.3 is 4.57 Å². The molecule has 0 fully saturated rings. The van der Waals surface area contributed by atoms with Crippen molar-refractivity contribution >= 4 is 24.3 Å². The SMILES string of the molecule is Cc1cc([Si](C)(C)C)cc(C)c1-n1ncnc1-c1[c-]ccc2ncn(C)c12.[Ir]. The minimum atomic E-state index is -1.38. The maximum Gasteiger partial charge on any atom is 0.127 e. The predicted molar refractivity (Wildman–Crippen MR) is 112 cm³/mol. The van der Waals surface area contributed by atoms with Crippen LogP contribution in [0.15, 0.2) is 36.9 Å². The average molecular weight is 567 g/mol. The van der Waals surface area contributed by atoms with Crippen molar-refractivity contribution in [3.8, 4) is 17.1 Å². The zero-order valence-electron chi connectivity index (χ0n) is 17.0. The Morgan fingerprint density at radius 1 is 1.04 bits per heavy atom. The van der Waals surface area contributed by atoms with Crippen LogP contribution in [0.3, 0.4) is 0 Å². The molecule has 28 heavy (non-hydrogen) atoms. The van der Waals surface area contributed by atoms with E-state index in [0.717, 1.165) is 28.1 Å². The first kappa shape index (κ1) is 20.6. The topological polar surface area (TPSA) is 48.5 Å². The molecule has 0 N–H and O–H groups in total. The maximum atomic E-state index is 4.58. The van der Waals surface area contributed by atoms with Crippen LogP contribution >= 0.6 is 0 Å². The fourth-order valence-electron chi connectivity index (χ4n) is 3.62. The first-order valence-electron chi connectivity index (χ1n) is 9.11. The number of hydrogen-bond acceptors (Lipinski definition) is 3. The van der Waals surface area contributed by atoms with E-state index in [1.54, 1.807) is 6.33 Å². The number of rotatable bonds is 3. The van der Waals surface area contributed by atoms with Crippen LogP contribution in [0, 0.1) is 19.9 Å². The van der Waals surface area contributed by atoms with Crippen LogP contribution in [0.4, 0.5) is 0 Å². The molecule has 0 saturated carbocycles. The fourth-order valence-corrected chi connectivity index (χ4v) is 4.92. The molecule has 0 bridgehead atoms. The van der Waals surface area contributed by atoms with Gasteiger partial charge in [0.2, 0.25) is 0 Å². The van der Waals surface area contributed by atoms with Crippen LogP contribution in [-0.2, 0) is 27.2 Å². The van der Waals surface area contributed by atoms with E-state index in [1.165, 1.54) is 16.3 Å². The van der Waals surface area contributed by atoms with Crippen molar-refractivity contribution in [2.75, 3.05) is 0 Å². The van der Waals surface area contributed by atoms with E-state index in [9.17, 15) is 0 Å². The Balaban J connectivity index is 0.00000225. The van der Waals surface area contributed by atoms with Gasteiger partial charge in [0, 0.05) is 32.7 Å². The Labute approximate surface area is 180 Å². The Morgan fingerprint density at radius 3 is 2.36 bits per heavy atom. The third-order valence-corrected chi connectivity index (χ3v) is 7.03. The summed E-state index contributed by atoms with van der Waals surface area (Å²) in [6.45, 7) is 11.4. The van der Waals surface area contributed by atoms with Crippen LogP contribution < -0.4 is 5.19 Å². The molecule has 4 aromatic rings. The molecule has 2 heterocycles. The predicted octanol–water partition coefficient (Wildman–Crippen LogP) is 3.78. The van der Waals surface area contributed by atoms with Gasteiger partial charge in [-0.25, -0.2) is 0 Å². The second-order valence-electron chi connectivity index (χ2n) is 8.15.